The number of nitrogens with zero attached hydrogens (tertiary/aromatic N) is 2. The van der Waals surface area contributed by atoms with Gasteiger partial charge in [-0.05, 0) is 61.4 Å². The van der Waals surface area contributed by atoms with E-state index in [9.17, 15) is 18.0 Å². The minimum absolute atomic E-state index is 0.0321. The second-order valence-corrected chi connectivity index (χ2v) is 14.5. The summed E-state index contributed by atoms with van der Waals surface area (Å²) in [5.74, 6) is -0.956. The number of anilines is 1. The van der Waals surface area contributed by atoms with E-state index in [1.54, 1.807) is 54.6 Å². The molecule has 0 aromatic heterocycles. The highest BCUT2D eigenvalue weighted by Crippen LogP contribution is 2.30. The number of carbonyl (C=O) groups is 2. The van der Waals surface area contributed by atoms with Crippen LogP contribution in [0.2, 0.25) is 10.0 Å². The van der Waals surface area contributed by atoms with E-state index in [2.05, 4.69) is 21.2 Å². The van der Waals surface area contributed by atoms with Crippen LogP contribution in [-0.2, 0) is 32.6 Å². The fourth-order valence-electron chi connectivity index (χ4n) is 4.91. The monoisotopic (exact) mass is 743 g/mol. The first-order valence-corrected chi connectivity index (χ1v) is 17.9. The molecule has 11 heteroatoms. The smallest absolute Gasteiger partial charge is 0.264 e. The summed E-state index contributed by atoms with van der Waals surface area (Å²) in [6, 6.07) is 26.5. The highest BCUT2D eigenvalue weighted by Gasteiger charge is 2.35. The Bertz CT molecular complexity index is 1740. The Kier molecular flexibility index (Phi) is 12.7. The third-order valence-electron chi connectivity index (χ3n) is 7.47. The molecule has 242 valence electrons. The van der Waals surface area contributed by atoms with Gasteiger partial charge in [-0.25, -0.2) is 8.42 Å². The number of benzene rings is 4. The van der Waals surface area contributed by atoms with Crippen molar-refractivity contribution in [3.05, 3.63) is 128 Å². The molecule has 0 aliphatic rings. The summed E-state index contributed by atoms with van der Waals surface area (Å²) in [7, 11) is -4.22. The van der Waals surface area contributed by atoms with Crippen LogP contribution in [0.3, 0.4) is 0 Å². The normalized spacial score (nSPS) is 11.9. The lowest BCUT2D eigenvalue weighted by Crippen LogP contribution is -2.53. The van der Waals surface area contributed by atoms with Crippen LogP contribution in [-0.4, -0.2) is 44.3 Å². The summed E-state index contributed by atoms with van der Waals surface area (Å²) in [5, 5.41) is 3.62. The maximum absolute atomic E-state index is 14.6. The van der Waals surface area contributed by atoms with Crippen LogP contribution in [0.5, 0.6) is 0 Å². The van der Waals surface area contributed by atoms with Gasteiger partial charge in [-0.15, -0.1) is 0 Å². The van der Waals surface area contributed by atoms with E-state index in [1.165, 1.54) is 17.0 Å². The van der Waals surface area contributed by atoms with Crippen molar-refractivity contribution in [2.24, 2.45) is 0 Å². The lowest BCUT2D eigenvalue weighted by molar-refractivity contribution is -0.140. The van der Waals surface area contributed by atoms with Crippen molar-refractivity contribution >= 4 is 66.7 Å². The molecule has 46 heavy (non-hydrogen) atoms. The first kappa shape index (κ1) is 35.5. The van der Waals surface area contributed by atoms with Gasteiger partial charge in [0.05, 0.1) is 10.6 Å². The van der Waals surface area contributed by atoms with Gasteiger partial charge in [0, 0.05) is 39.6 Å². The number of unbranched alkanes of at least 4 members (excludes halogenated alkanes) is 1. The van der Waals surface area contributed by atoms with Crippen molar-refractivity contribution in [2.75, 3.05) is 17.4 Å². The highest BCUT2D eigenvalue weighted by molar-refractivity contribution is 9.10. The predicted molar refractivity (Wildman–Crippen MR) is 189 cm³/mol. The van der Waals surface area contributed by atoms with E-state index in [-0.39, 0.29) is 29.5 Å². The quantitative estimate of drug-likeness (QED) is 0.134. The maximum atomic E-state index is 14.6. The van der Waals surface area contributed by atoms with Gasteiger partial charge in [0.1, 0.15) is 12.6 Å². The number of nitrogens with one attached hydrogen (secondary N) is 1. The summed E-state index contributed by atoms with van der Waals surface area (Å²) in [5.41, 5.74) is 2.46. The highest BCUT2D eigenvalue weighted by atomic mass is 79.9. The molecule has 1 atom stereocenters. The van der Waals surface area contributed by atoms with E-state index >= 15 is 0 Å². The zero-order valence-electron chi connectivity index (χ0n) is 25.6. The third-order valence-corrected chi connectivity index (χ3v) is 10.5. The maximum Gasteiger partial charge on any atom is 0.264 e. The Morgan fingerprint density at radius 3 is 2.17 bits per heavy atom. The van der Waals surface area contributed by atoms with Crippen LogP contribution in [0.25, 0.3) is 0 Å². The average molecular weight is 746 g/mol. The molecule has 1 N–H and O–H groups in total. The Balaban J connectivity index is 1.82. The van der Waals surface area contributed by atoms with Gasteiger partial charge in [0.2, 0.25) is 11.8 Å². The molecule has 0 heterocycles. The molecule has 0 saturated carbocycles. The molecule has 4 rings (SSSR count). The summed E-state index contributed by atoms with van der Waals surface area (Å²) >= 11 is 16.6. The number of sulfonamides is 1. The van der Waals surface area contributed by atoms with Crippen molar-refractivity contribution in [3.8, 4) is 0 Å². The van der Waals surface area contributed by atoms with E-state index in [0.29, 0.717) is 26.6 Å². The number of hydrogen-bond acceptors (Lipinski definition) is 4. The van der Waals surface area contributed by atoms with Gasteiger partial charge in [0.15, 0.2) is 0 Å². The van der Waals surface area contributed by atoms with Crippen molar-refractivity contribution in [3.63, 3.8) is 0 Å². The molecule has 7 nitrogen and oxygen atoms in total. The van der Waals surface area contributed by atoms with E-state index in [4.69, 9.17) is 23.2 Å². The molecule has 0 fully saturated rings. The summed E-state index contributed by atoms with van der Waals surface area (Å²) in [4.78, 5) is 29.9. The molecule has 2 amide bonds. The number of amides is 2. The lowest BCUT2D eigenvalue weighted by atomic mass is 10.0. The van der Waals surface area contributed by atoms with E-state index in [0.717, 1.165) is 28.3 Å². The second-order valence-electron chi connectivity index (χ2n) is 10.9. The Morgan fingerprint density at radius 1 is 0.891 bits per heavy atom. The Morgan fingerprint density at radius 2 is 1.54 bits per heavy atom. The Labute approximate surface area is 289 Å². The molecular formula is C35H36BrCl2N3O4S. The van der Waals surface area contributed by atoms with Crippen LogP contribution in [0.4, 0.5) is 5.69 Å². The molecular weight excluding hydrogens is 709 g/mol. The lowest BCUT2D eigenvalue weighted by Gasteiger charge is -2.34. The molecule has 0 aliphatic carbocycles. The van der Waals surface area contributed by atoms with Crippen LogP contribution in [0.15, 0.2) is 106 Å². The van der Waals surface area contributed by atoms with Gasteiger partial charge in [-0.1, -0.05) is 113 Å². The largest absolute Gasteiger partial charge is 0.354 e. The number of carbonyl (C=O) groups excluding carboxylic acids is 2. The number of rotatable bonds is 14. The molecule has 0 spiro atoms. The van der Waals surface area contributed by atoms with Gasteiger partial charge >= 0.3 is 0 Å². The number of hydrogen-bond donors (Lipinski definition) is 1. The Hall–Kier alpha value is -3.37. The minimum Gasteiger partial charge on any atom is -0.354 e. The van der Waals surface area contributed by atoms with Crippen molar-refractivity contribution < 1.29 is 18.0 Å². The standard InChI is InChI=1S/C35H36BrCl2N3O4S/c1-3-4-20-39-35(43)33(21-26-10-6-5-7-11-26)40(23-30-31(37)14-9-15-32(30)38)34(42)24-41(28-13-8-12-27(36)22-28)46(44,45)29-18-16-25(2)17-19-29/h5-19,22,33H,3-4,20-21,23-24H2,1-2H3,(H,39,43). The van der Waals surface area contributed by atoms with Gasteiger partial charge in [-0.3, -0.25) is 13.9 Å². The fraction of sp³-hybridized carbons (Fsp3) is 0.257. The third kappa shape index (κ3) is 9.12. The summed E-state index contributed by atoms with van der Waals surface area (Å²) < 4.78 is 30.0. The SMILES string of the molecule is CCCCNC(=O)C(Cc1ccccc1)N(Cc1c(Cl)cccc1Cl)C(=O)CN(c1cccc(Br)c1)S(=O)(=O)c1ccc(C)cc1. The number of aryl methyl sites for hydroxylation is 1. The zero-order valence-corrected chi connectivity index (χ0v) is 29.5. The van der Waals surface area contributed by atoms with Crippen molar-refractivity contribution in [1.82, 2.24) is 10.2 Å². The van der Waals surface area contributed by atoms with E-state index < -0.39 is 28.5 Å². The van der Waals surface area contributed by atoms with Crippen LogP contribution < -0.4 is 9.62 Å². The molecule has 0 bridgehead atoms. The molecule has 4 aromatic carbocycles. The molecule has 4 aromatic rings. The molecule has 0 radical (unpaired) electrons. The van der Waals surface area contributed by atoms with Gasteiger partial charge in [0.25, 0.3) is 10.0 Å². The van der Waals surface area contributed by atoms with Crippen molar-refractivity contribution in [1.29, 1.82) is 0 Å². The topological polar surface area (TPSA) is 86.8 Å². The summed E-state index contributed by atoms with van der Waals surface area (Å²) in [6.45, 7) is 3.62. The minimum atomic E-state index is -4.22. The van der Waals surface area contributed by atoms with Crippen LogP contribution in [0.1, 0.15) is 36.5 Å². The van der Waals surface area contributed by atoms with Crippen molar-refractivity contribution in [2.45, 2.75) is 50.6 Å². The molecule has 1 unspecified atom stereocenters. The molecule has 0 saturated heterocycles. The van der Waals surface area contributed by atoms with Crippen LogP contribution >= 0.6 is 39.1 Å². The van der Waals surface area contributed by atoms with E-state index in [1.807, 2.05) is 44.2 Å². The second kappa shape index (κ2) is 16.5. The summed E-state index contributed by atoms with van der Waals surface area (Å²) in [6.07, 6.45) is 1.83. The first-order chi connectivity index (χ1) is 22.0. The average Bonchev–Trinajstić information content (AvgIpc) is 3.03. The fourth-order valence-corrected chi connectivity index (χ4v) is 7.22. The molecule has 0 aliphatic heterocycles. The predicted octanol–water partition coefficient (Wildman–Crippen LogP) is 7.82. The number of halogens is 3. The first-order valence-electron chi connectivity index (χ1n) is 14.9. The van der Waals surface area contributed by atoms with Gasteiger partial charge in [-0.2, -0.15) is 0 Å². The van der Waals surface area contributed by atoms with Gasteiger partial charge < -0.3 is 10.2 Å². The zero-order chi connectivity index (χ0) is 33.3. The van der Waals surface area contributed by atoms with Crippen LogP contribution in [0, 0.1) is 6.92 Å².